The minimum absolute atomic E-state index is 0.221. The van der Waals surface area contributed by atoms with Gasteiger partial charge in [0.15, 0.2) is 0 Å². The highest BCUT2D eigenvalue weighted by Gasteiger charge is 2.21. The fraction of sp³-hybridized carbons (Fsp3) is 0.615. The number of hydrogen-bond donors (Lipinski definition) is 3. The number of aryl methyl sites for hydroxylation is 1. The van der Waals surface area contributed by atoms with Gasteiger partial charge < -0.3 is 15.7 Å². The third-order valence-corrected chi connectivity index (χ3v) is 3.25. The minimum atomic E-state index is -0.221. The van der Waals surface area contributed by atoms with Crippen LogP contribution in [0.5, 0.6) is 0 Å². The number of rotatable bonds is 4. The Morgan fingerprint density at radius 1 is 1.53 bits per heavy atom. The normalized spacial score (nSPS) is 24.8. The fourth-order valence-electron chi connectivity index (χ4n) is 2.22. The number of aliphatic hydroxyl groups excluding tert-OH is 1. The Bertz CT molecular complexity index is 356. The summed E-state index contributed by atoms with van der Waals surface area (Å²) in [7, 11) is 0. The molecule has 0 unspecified atom stereocenters. The molecule has 4 nitrogen and oxygen atoms in total. The number of piperidine rings is 1. The lowest BCUT2D eigenvalue weighted by Gasteiger charge is -2.28. The van der Waals surface area contributed by atoms with Crippen LogP contribution in [0.15, 0.2) is 18.2 Å². The van der Waals surface area contributed by atoms with Gasteiger partial charge in [-0.05, 0) is 37.9 Å². The maximum Gasteiger partial charge on any atom is 0.0705 e. The minimum Gasteiger partial charge on any atom is -0.391 e. The monoisotopic (exact) mass is 235 g/mol. The second-order valence-corrected chi connectivity index (χ2v) is 4.72. The van der Waals surface area contributed by atoms with Crippen LogP contribution >= 0.6 is 0 Å². The quantitative estimate of drug-likeness (QED) is 0.709. The number of nitrogens with one attached hydrogen (secondary N) is 2. The number of pyridine rings is 1. The molecule has 94 valence electrons. The van der Waals surface area contributed by atoms with E-state index in [1.807, 2.05) is 25.1 Å². The van der Waals surface area contributed by atoms with Gasteiger partial charge in [-0.3, -0.25) is 4.98 Å². The molecule has 0 aliphatic carbocycles. The molecule has 17 heavy (non-hydrogen) atoms. The summed E-state index contributed by atoms with van der Waals surface area (Å²) in [6, 6.07) is 6.05. The van der Waals surface area contributed by atoms with Crippen LogP contribution in [-0.4, -0.2) is 35.8 Å². The molecular formula is C13H21N3O. The zero-order valence-corrected chi connectivity index (χ0v) is 10.3. The summed E-state index contributed by atoms with van der Waals surface area (Å²) in [6.07, 6.45) is 0.816. The van der Waals surface area contributed by atoms with E-state index in [-0.39, 0.29) is 6.10 Å². The van der Waals surface area contributed by atoms with Crippen LogP contribution in [0.1, 0.15) is 17.8 Å². The lowest BCUT2D eigenvalue weighted by Crippen LogP contribution is -2.44. The Balaban J connectivity index is 1.75. The number of nitrogens with zero attached hydrogens (tertiary/aromatic N) is 1. The van der Waals surface area contributed by atoms with Crippen LogP contribution in [0, 0.1) is 12.8 Å². The number of aliphatic hydroxyl groups is 1. The molecule has 0 amide bonds. The van der Waals surface area contributed by atoms with Gasteiger partial charge in [-0.2, -0.15) is 0 Å². The van der Waals surface area contributed by atoms with Gasteiger partial charge in [-0.25, -0.2) is 0 Å². The molecular weight excluding hydrogens is 214 g/mol. The molecule has 1 aliphatic rings. The van der Waals surface area contributed by atoms with Crippen molar-refractivity contribution >= 4 is 0 Å². The van der Waals surface area contributed by atoms with Crippen molar-refractivity contribution in [2.45, 2.75) is 26.0 Å². The standard InChI is InChI=1S/C13H21N3O/c1-10-3-2-4-12(16-10)8-15-7-11-5-6-14-9-13(11)17/h2-4,11,13-15,17H,5-9H2,1H3/t11-,13+/m0/s1. The van der Waals surface area contributed by atoms with Crippen molar-refractivity contribution in [1.29, 1.82) is 0 Å². The topological polar surface area (TPSA) is 57.2 Å². The molecule has 1 saturated heterocycles. The molecule has 1 fully saturated rings. The van der Waals surface area contributed by atoms with Crippen molar-refractivity contribution < 1.29 is 5.11 Å². The van der Waals surface area contributed by atoms with Gasteiger partial charge in [-0.1, -0.05) is 6.07 Å². The zero-order chi connectivity index (χ0) is 12.1. The lowest BCUT2D eigenvalue weighted by atomic mass is 9.95. The second kappa shape index (κ2) is 6.10. The van der Waals surface area contributed by atoms with E-state index in [9.17, 15) is 5.11 Å². The molecule has 4 heteroatoms. The first-order valence-corrected chi connectivity index (χ1v) is 6.28. The van der Waals surface area contributed by atoms with E-state index >= 15 is 0 Å². The highest BCUT2D eigenvalue weighted by Crippen LogP contribution is 2.11. The maximum atomic E-state index is 9.79. The van der Waals surface area contributed by atoms with Gasteiger partial charge in [-0.15, -0.1) is 0 Å². The highest BCUT2D eigenvalue weighted by atomic mass is 16.3. The van der Waals surface area contributed by atoms with Crippen molar-refractivity contribution in [3.8, 4) is 0 Å². The summed E-state index contributed by atoms with van der Waals surface area (Å²) in [6.45, 7) is 5.36. The van der Waals surface area contributed by atoms with Gasteiger partial charge in [0.1, 0.15) is 0 Å². The Hall–Kier alpha value is -0.970. The maximum absolute atomic E-state index is 9.79. The first-order chi connectivity index (χ1) is 8.25. The molecule has 0 saturated carbocycles. The fourth-order valence-corrected chi connectivity index (χ4v) is 2.22. The predicted molar refractivity (Wildman–Crippen MR) is 67.7 cm³/mol. The van der Waals surface area contributed by atoms with Gasteiger partial charge in [0.05, 0.1) is 11.8 Å². The van der Waals surface area contributed by atoms with Crippen LogP contribution in [-0.2, 0) is 6.54 Å². The average Bonchev–Trinajstić information content (AvgIpc) is 2.32. The Morgan fingerprint density at radius 3 is 3.18 bits per heavy atom. The zero-order valence-electron chi connectivity index (χ0n) is 10.3. The summed E-state index contributed by atoms with van der Waals surface area (Å²) in [5.41, 5.74) is 2.11. The number of aromatic nitrogens is 1. The molecule has 3 N–H and O–H groups in total. The van der Waals surface area contributed by atoms with E-state index in [1.165, 1.54) is 0 Å². The highest BCUT2D eigenvalue weighted by molar-refractivity contribution is 5.09. The SMILES string of the molecule is Cc1cccc(CNC[C@@H]2CCNC[C@H]2O)n1. The van der Waals surface area contributed by atoms with E-state index in [1.54, 1.807) is 0 Å². The Kier molecular flexibility index (Phi) is 4.48. The predicted octanol–water partition coefficient (Wildman–Crippen LogP) is 0.450. The molecule has 2 rings (SSSR count). The van der Waals surface area contributed by atoms with E-state index in [4.69, 9.17) is 0 Å². The molecule has 2 atom stereocenters. The summed E-state index contributed by atoms with van der Waals surface area (Å²) in [5.74, 6) is 0.362. The van der Waals surface area contributed by atoms with Crippen LogP contribution in [0.25, 0.3) is 0 Å². The largest absolute Gasteiger partial charge is 0.391 e. The summed E-state index contributed by atoms with van der Waals surface area (Å²) < 4.78 is 0. The van der Waals surface area contributed by atoms with Crippen molar-refractivity contribution in [3.05, 3.63) is 29.6 Å². The Morgan fingerprint density at radius 2 is 2.41 bits per heavy atom. The number of β-amino-alcohol motifs (C(OH)–C–C–N with tert-alkyl or cyclic N) is 1. The third-order valence-electron chi connectivity index (χ3n) is 3.25. The van der Waals surface area contributed by atoms with Gasteiger partial charge in [0.25, 0.3) is 0 Å². The molecule has 0 bridgehead atoms. The van der Waals surface area contributed by atoms with Crippen LogP contribution in [0.3, 0.4) is 0 Å². The van der Waals surface area contributed by atoms with E-state index in [2.05, 4.69) is 15.6 Å². The first kappa shape index (κ1) is 12.5. The molecule has 1 aromatic rings. The summed E-state index contributed by atoms with van der Waals surface area (Å²) in [4.78, 5) is 4.44. The molecule has 1 aromatic heterocycles. The average molecular weight is 235 g/mol. The molecule has 0 spiro atoms. The van der Waals surface area contributed by atoms with Crippen LogP contribution in [0.2, 0.25) is 0 Å². The summed E-state index contributed by atoms with van der Waals surface area (Å²) in [5, 5.41) is 16.4. The molecule has 0 aromatic carbocycles. The van der Waals surface area contributed by atoms with Crippen LogP contribution < -0.4 is 10.6 Å². The van der Waals surface area contributed by atoms with Gasteiger partial charge in [0.2, 0.25) is 0 Å². The lowest BCUT2D eigenvalue weighted by molar-refractivity contribution is 0.0813. The molecule has 1 aliphatic heterocycles. The van der Waals surface area contributed by atoms with Crippen molar-refractivity contribution in [2.75, 3.05) is 19.6 Å². The molecule has 0 radical (unpaired) electrons. The second-order valence-electron chi connectivity index (χ2n) is 4.72. The van der Waals surface area contributed by atoms with Crippen molar-refractivity contribution in [1.82, 2.24) is 15.6 Å². The Labute approximate surface area is 102 Å². The third kappa shape index (κ3) is 3.77. The van der Waals surface area contributed by atoms with E-state index in [0.29, 0.717) is 5.92 Å². The molecule has 2 heterocycles. The van der Waals surface area contributed by atoms with E-state index in [0.717, 1.165) is 44.0 Å². The first-order valence-electron chi connectivity index (χ1n) is 6.28. The van der Waals surface area contributed by atoms with Crippen molar-refractivity contribution in [2.24, 2.45) is 5.92 Å². The van der Waals surface area contributed by atoms with Crippen LogP contribution in [0.4, 0.5) is 0 Å². The van der Waals surface area contributed by atoms with E-state index < -0.39 is 0 Å². The number of hydrogen-bond acceptors (Lipinski definition) is 4. The van der Waals surface area contributed by atoms with Crippen molar-refractivity contribution in [3.63, 3.8) is 0 Å². The smallest absolute Gasteiger partial charge is 0.0705 e. The van der Waals surface area contributed by atoms with Gasteiger partial charge >= 0.3 is 0 Å². The van der Waals surface area contributed by atoms with Gasteiger partial charge in [0, 0.05) is 25.3 Å². The summed E-state index contributed by atoms with van der Waals surface area (Å²) >= 11 is 0.